The third-order valence-corrected chi connectivity index (χ3v) is 3.51. The van der Waals surface area contributed by atoms with Crippen LogP contribution >= 0.6 is 27.5 Å². The Bertz CT molecular complexity index is 544. The number of carbonyl (C=O) groups is 1. The van der Waals surface area contributed by atoms with Crippen molar-refractivity contribution >= 4 is 33.4 Å². The summed E-state index contributed by atoms with van der Waals surface area (Å²) < 4.78 is 2.41. The molecule has 0 radical (unpaired) electrons. The summed E-state index contributed by atoms with van der Waals surface area (Å²) in [6.07, 6.45) is 3.33. The van der Waals surface area contributed by atoms with Gasteiger partial charge in [-0.1, -0.05) is 16.8 Å². The third kappa shape index (κ3) is 3.30. The minimum absolute atomic E-state index is 0.162. The predicted octanol–water partition coefficient (Wildman–Crippen LogP) is 2.12. The molecular weight excluding hydrogens is 320 g/mol. The fourth-order valence-corrected chi connectivity index (χ4v) is 1.80. The highest BCUT2D eigenvalue weighted by molar-refractivity contribution is 9.10. The average molecular weight is 330 g/mol. The second-order valence-corrected chi connectivity index (χ2v) is 4.81. The van der Waals surface area contributed by atoms with Crippen LogP contribution in [0.15, 0.2) is 35.1 Å². The Morgan fingerprint density at radius 3 is 3.00 bits per heavy atom. The Labute approximate surface area is 117 Å². The van der Waals surface area contributed by atoms with Crippen molar-refractivity contribution in [3.05, 3.63) is 45.7 Å². The first kappa shape index (κ1) is 13.0. The minimum Gasteiger partial charge on any atom is -0.350 e. The Morgan fingerprint density at radius 2 is 2.33 bits per heavy atom. The number of benzene rings is 1. The van der Waals surface area contributed by atoms with Crippen molar-refractivity contribution in [2.75, 3.05) is 6.54 Å². The highest BCUT2D eigenvalue weighted by atomic mass is 79.9. The summed E-state index contributed by atoms with van der Waals surface area (Å²) in [7, 11) is 0. The molecule has 1 amide bonds. The minimum atomic E-state index is -0.162. The summed E-state index contributed by atoms with van der Waals surface area (Å²) in [6.45, 7) is 1.06. The zero-order valence-corrected chi connectivity index (χ0v) is 11.6. The summed E-state index contributed by atoms with van der Waals surface area (Å²) in [6, 6.07) is 5.08. The molecule has 1 aromatic heterocycles. The summed E-state index contributed by atoms with van der Waals surface area (Å²) >= 11 is 9.20. The van der Waals surface area contributed by atoms with E-state index >= 15 is 0 Å². The van der Waals surface area contributed by atoms with Gasteiger partial charge in [-0.05, 0) is 34.1 Å². The molecule has 1 aromatic carbocycles. The van der Waals surface area contributed by atoms with Crippen molar-refractivity contribution in [2.45, 2.75) is 6.54 Å². The van der Waals surface area contributed by atoms with Crippen LogP contribution in [0.1, 0.15) is 10.4 Å². The van der Waals surface area contributed by atoms with Crippen molar-refractivity contribution in [3.8, 4) is 0 Å². The Kier molecular flexibility index (Phi) is 4.33. The second-order valence-electron chi connectivity index (χ2n) is 3.55. The molecule has 2 aromatic rings. The summed E-state index contributed by atoms with van der Waals surface area (Å²) in [4.78, 5) is 11.8. The largest absolute Gasteiger partial charge is 0.350 e. The number of amides is 1. The molecule has 0 fully saturated rings. The van der Waals surface area contributed by atoms with Gasteiger partial charge in [0, 0.05) is 22.8 Å². The van der Waals surface area contributed by atoms with E-state index in [1.165, 1.54) is 0 Å². The maximum atomic E-state index is 11.8. The Hall–Kier alpha value is -1.40. The predicted molar refractivity (Wildman–Crippen MR) is 71.5 cm³/mol. The third-order valence-electron chi connectivity index (χ3n) is 2.28. The van der Waals surface area contributed by atoms with Crippen LogP contribution < -0.4 is 5.32 Å². The number of rotatable bonds is 4. The van der Waals surface area contributed by atoms with Gasteiger partial charge in [-0.2, -0.15) is 0 Å². The number of hydrogen-bond donors (Lipinski definition) is 1. The molecule has 1 heterocycles. The van der Waals surface area contributed by atoms with Crippen molar-refractivity contribution in [2.24, 2.45) is 0 Å². The van der Waals surface area contributed by atoms with Crippen molar-refractivity contribution < 1.29 is 4.79 Å². The van der Waals surface area contributed by atoms with E-state index in [-0.39, 0.29) is 5.91 Å². The van der Waals surface area contributed by atoms with E-state index in [1.54, 1.807) is 35.3 Å². The van der Waals surface area contributed by atoms with E-state index in [1.807, 2.05) is 0 Å². The summed E-state index contributed by atoms with van der Waals surface area (Å²) in [5.74, 6) is -0.162. The van der Waals surface area contributed by atoms with Gasteiger partial charge in [-0.3, -0.25) is 9.48 Å². The number of aromatic nitrogens is 3. The zero-order chi connectivity index (χ0) is 13.0. The molecule has 0 spiro atoms. The van der Waals surface area contributed by atoms with Crippen molar-refractivity contribution in [1.29, 1.82) is 0 Å². The molecule has 0 unspecified atom stereocenters. The van der Waals surface area contributed by atoms with Gasteiger partial charge < -0.3 is 5.32 Å². The molecule has 0 saturated heterocycles. The van der Waals surface area contributed by atoms with Crippen LogP contribution in [0.25, 0.3) is 0 Å². The van der Waals surface area contributed by atoms with Crippen LogP contribution in [0.5, 0.6) is 0 Å². The van der Waals surface area contributed by atoms with Gasteiger partial charge >= 0.3 is 0 Å². The lowest BCUT2D eigenvalue weighted by atomic mass is 10.2. The number of nitrogens with zero attached hydrogens (tertiary/aromatic N) is 3. The first-order chi connectivity index (χ1) is 8.66. The molecule has 0 aliphatic heterocycles. The molecule has 5 nitrogen and oxygen atoms in total. The molecule has 18 heavy (non-hydrogen) atoms. The lowest BCUT2D eigenvalue weighted by Crippen LogP contribution is -2.27. The normalized spacial score (nSPS) is 10.3. The van der Waals surface area contributed by atoms with Gasteiger partial charge in [0.1, 0.15) is 0 Å². The van der Waals surface area contributed by atoms with E-state index in [4.69, 9.17) is 11.6 Å². The van der Waals surface area contributed by atoms with E-state index < -0.39 is 0 Å². The van der Waals surface area contributed by atoms with Gasteiger partial charge in [0.2, 0.25) is 0 Å². The molecule has 0 saturated carbocycles. The lowest BCUT2D eigenvalue weighted by Gasteiger charge is -2.06. The lowest BCUT2D eigenvalue weighted by molar-refractivity contribution is 0.0952. The van der Waals surface area contributed by atoms with Crippen LogP contribution in [0.2, 0.25) is 5.02 Å². The topological polar surface area (TPSA) is 59.8 Å². The Morgan fingerprint density at radius 1 is 1.50 bits per heavy atom. The molecule has 2 rings (SSSR count). The van der Waals surface area contributed by atoms with Gasteiger partial charge in [0.25, 0.3) is 5.91 Å². The Balaban J connectivity index is 1.89. The van der Waals surface area contributed by atoms with E-state index in [9.17, 15) is 4.79 Å². The maximum Gasteiger partial charge on any atom is 0.251 e. The second kappa shape index (κ2) is 5.97. The smallest absolute Gasteiger partial charge is 0.251 e. The van der Waals surface area contributed by atoms with Crippen molar-refractivity contribution in [3.63, 3.8) is 0 Å². The van der Waals surface area contributed by atoms with Crippen LogP contribution in [-0.4, -0.2) is 27.4 Å². The van der Waals surface area contributed by atoms with E-state index in [0.29, 0.717) is 23.7 Å². The van der Waals surface area contributed by atoms with Crippen molar-refractivity contribution in [1.82, 2.24) is 20.3 Å². The first-order valence-electron chi connectivity index (χ1n) is 5.24. The fraction of sp³-hybridized carbons (Fsp3) is 0.182. The van der Waals surface area contributed by atoms with Gasteiger partial charge in [-0.25, -0.2) is 0 Å². The molecule has 0 bridgehead atoms. The van der Waals surface area contributed by atoms with Gasteiger partial charge in [0.05, 0.1) is 17.8 Å². The molecule has 7 heteroatoms. The number of halogens is 2. The first-order valence-corrected chi connectivity index (χ1v) is 6.41. The quantitative estimate of drug-likeness (QED) is 0.935. The number of hydrogen-bond acceptors (Lipinski definition) is 3. The zero-order valence-electron chi connectivity index (χ0n) is 9.31. The van der Waals surface area contributed by atoms with Crippen LogP contribution in [0.3, 0.4) is 0 Å². The molecular formula is C11H10BrClN4O. The van der Waals surface area contributed by atoms with Gasteiger partial charge in [-0.15, -0.1) is 5.10 Å². The average Bonchev–Trinajstić information content (AvgIpc) is 2.85. The van der Waals surface area contributed by atoms with Crippen LogP contribution in [-0.2, 0) is 6.54 Å². The van der Waals surface area contributed by atoms with E-state index in [2.05, 4.69) is 31.6 Å². The number of nitrogens with one attached hydrogen (secondary N) is 1. The van der Waals surface area contributed by atoms with Gasteiger partial charge in [0.15, 0.2) is 0 Å². The van der Waals surface area contributed by atoms with E-state index in [0.717, 1.165) is 4.47 Å². The van der Waals surface area contributed by atoms with Crippen LogP contribution in [0, 0.1) is 0 Å². The summed E-state index contributed by atoms with van der Waals surface area (Å²) in [5, 5.41) is 10.8. The molecule has 0 atom stereocenters. The van der Waals surface area contributed by atoms with Crippen LogP contribution in [0.4, 0.5) is 0 Å². The molecule has 0 aliphatic rings. The fourth-order valence-electron chi connectivity index (χ4n) is 1.38. The summed E-state index contributed by atoms with van der Waals surface area (Å²) in [5.41, 5.74) is 0.529. The molecule has 94 valence electrons. The number of carbonyl (C=O) groups excluding carboxylic acids is 1. The highest BCUT2D eigenvalue weighted by Crippen LogP contribution is 2.22. The monoisotopic (exact) mass is 328 g/mol. The highest BCUT2D eigenvalue weighted by Gasteiger charge is 2.07. The standard InChI is InChI=1S/C11H10BrClN4O/c12-9-2-1-8(7-10(9)13)11(18)14-3-5-17-6-4-15-16-17/h1-2,4,6-7H,3,5H2,(H,14,18). The molecule has 0 aliphatic carbocycles. The molecule has 1 N–H and O–H groups in total. The maximum absolute atomic E-state index is 11.8. The SMILES string of the molecule is O=C(NCCn1ccnn1)c1ccc(Br)c(Cl)c1.